The Balaban J connectivity index is 1.60. The number of rotatable bonds is 4. The molecule has 0 saturated carbocycles. The Labute approximate surface area is 165 Å². The van der Waals surface area contributed by atoms with Crippen molar-refractivity contribution in [1.82, 2.24) is 19.4 Å². The van der Waals surface area contributed by atoms with Gasteiger partial charge in [-0.1, -0.05) is 30.3 Å². The van der Waals surface area contributed by atoms with Gasteiger partial charge in [0.15, 0.2) is 0 Å². The summed E-state index contributed by atoms with van der Waals surface area (Å²) in [4.78, 5) is 21.7. The van der Waals surface area contributed by atoms with Crippen molar-refractivity contribution in [3.05, 3.63) is 54.1 Å². The lowest BCUT2D eigenvalue weighted by Gasteiger charge is -2.43. The SMILES string of the molecule is Cn1cncc1C(=O)N1CCO[C@@H](CN2CCC(O)CC2)[C@@H]1c1ccccc1. The van der Waals surface area contributed by atoms with Crippen LogP contribution in [0.25, 0.3) is 0 Å². The van der Waals surface area contributed by atoms with E-state index in [0.717, 1.165) is 38.0 Å². The lowest BCUT2D eigenvalue weighted by molar-refractivity contribution is -0.0772. The van der Waals surface area contributed by atoms with Crippen molar-refractivity contribution in [2.45, 2.75) is 31.1 Å². The van der Waals surface area contributed by atoms with E-state index in [1.165, 1.54) is 0 Å². The van der Waals surface area contributed by atoms with Crippen LogP contribution in [-0.4, -0.2) is 75.4 Å². The first-order valence-corrected chi connectivity index (χ1v) is 9.97. The summed E-state index contributed by atoms with van der Waals surface area (Å²) in [6.45, 7) is 3.55. The van der Waals surface area contributed by atoms with E-state index in [1.54, 1.807) is 17.1 Å². The molecular formula is C21H28N4O3. The van der Waals surface area contributed by atoms with Gasteiger partial charge in [-0.3, -0.25) is 4.79 Å². The van der Waals surface area contributed by atoms with E-state index in [0.29, 0.717) is 18.8 Å². The van der Waals surface area contributed by atoms with Crippen LogP contribution in [-0.2, 0) is 11.8 Å². The van der Waals surface area contributed by atoms with Gasteiger partial charge in [-0.2, -0.15) is 0 Å². The standard InChI is InChI=1S/C21H28N4O3/c1-23-15-22-13-18(23)21(27)25-11-12-28-19(14-24-9-7-17(26)8-10-24)20(25)16-5-3-2-4-6-16/h2-6,13,15,17,19-20,26H,7-12,14H2,1H3/t19-,20-/m0/s1. The largest absolute Gasteiger partial charge is 0.393 e. The molecule has 0 aliphatic carbocycles. The van der Waals surface area contributed by atoms with E-state index >= 15 is 0 Å². The summed E-state index contributed by atoms with van der Waals surface area (Å²) in [7, 11) is 1.84. The van der Waals surface area contributed by atoms with E-state index in [2.05, 4.69) is 22.0 Å². The lowest BCUT2D eigenvalue weighted by Crippen LogP contribution is -2.53. The number of aliphatic hydroxyl groups is 1. The summed E-state index contributed by atoms with van der Waals surface area (Å²) in [5.41, 5.74) is 1.67. The molecule has 2 aliphatic heterocycles. The highest BCUT2D eigenvalue weighted by atomic mass is 16.5. The molecule has 0 radical (unpaired) electrons. The van der Waals surface area contributed by atoms with E-state index < -0.39 is 0 Å². The fourth-order valence-electron chi connectivity index (χ4n) is 4.23. The zero-order valence-corrected chi connectivity index (χ0v) is 16.3. The highest BCUT2D eigenvalue weighted by Gasteiger charge is 2.38. The fourth-order valence-corrected chi connectivity index (χ4v) is 4.23. The molecule has 150 valence electrons. The van der Waals surface area contributed by atoms with E-state index in [9.17, 15) is 9.90 Å². The summed E-state index contributed by atoms with van der Waals surface area (Å²) in [6.07, 6.45) is 4.56. The van der Waals surface area contributed by atoms with Crippen LogP contribution in [0.15, 0.2) is 42.9 Å². The normalized spacial score (nSPS) is 24.4. The Morgan fingerprint density at radius 1 is 1.21 bits per heavy atom. The van der Waals surface area contributed by atoms with Gasteiger partial charge in [0.1, 0.15) is 5.69 Å². The average molecular weight is 384 g/mol. The smallest absolute Gasteiger partial charge is 0.272 e. The molecule has 2 aromatic rings. The van der Waals surface area contributed by atoms with Crippen molar-refractivity contribution in [2.75, 3.05) is 32.8 Å². The predicted molar refractivity (Wildman–Crippen MR) is 105 cm³/mol. The third kappa shape index (κ3) is 3.97. The molecule has 0 unspecified atom stereocenters. The number of benzene rings is 1. The fraction of sp³-hybridized carbons (Fsp3) is 0.524. The van der Waals surface area contributed by atoms with Crippen LogP contribution in [0.2, 0.25) is 0 Å². The molecule has 1 aromatic carbocycles. The van der Waals surface area contributed by atoms with E-state index in [-0.39, 0.29) is 24.2 Å². The van der Waals surface area contributed by atoms with Crippen molar-refractivity contribution < 1.29 is 14.6 Å². The molecule has 2 saturated heterocycles. The average Bonchev–Trinajstić information content (AvgIpc) is 3.15. The molecule has 0 bridgehead atoms. The predicted octanol–water partition coefficient (Wildman–Crippen LogP) is 1.46. The number of hydrogen-bond donors (Lipinski definition) is 1. The Morgan fingerprint density at radius 2 is 1.96 bits per heavy atom. The number of carbonyl (C=O) groups is 1. The number of hydrogen-bond acceptors (Lipinski definition) is 5. The molecule has 0 spiro atoms. The molecule has 2 aliphatic rings. The van der Waals surface area contributed by atoms with Gasteiger partial charge in [-0.25, -0.2) is 4.98 Å². The lowest BCUT2D eigenvalue weighted by atomic mass is 9.96. The highest BCUT2D eigenvalue weighted by molar-refractivity contribution is 5.92. The van der Waals surface area contributed by atoms with E-state index in [1.807, 2.05) is 30.1 Å². The van der Waals surface area contributed by atoms with Crippen LogP contribution < -0.4 is 0 Å². The second-order valence-electron chi connectivity index (χ2n) is 7.68. The van der Waals surface area contributed by atoms with Crippen LogP contribution in [0, 0.1) is 0 Å². The molecule has 1 aromatic heterocycles. The van der Waals surface area contributed by atoms with Gasteiger partial charge in [0, 0.05) is 33.2 Å². The maximum Gasteiger partial charge on any atom is 0.272 e. The van der Waals surface area contributed by atoms with Crippen LogP contribution >= 0.6 is 0 Å². The molecule has 28 heavy (non-hydrogen) atoms. The molecule has 3 heterocycles. The Morgan fingerprint density at radius 3 is 2.64 bits per heavy atom. The van der Waals surface area contributed by atoms with Crippen molar-refractivity contribution in [3.8, 4) is 0 Å². The summed E-state index contributed by atoms with van der Waals surface area (Å²) in [5, 5.41) is 9.79. The molecule has 1 N–H and O–H groups in total. The minimum Gasteiger partial charge on any atom is -0.393 e. The summed E-state index contributed by atoms with van der Waals surface area (Å²) < 4.78 is 7.95. The van der Waals surface area contributed by atoms with Gasteiger partial charge in [-0.05, 0) is 18.4 Å². The van der Waals surface area contributed by atoms with Gasteiger partial charge in [0.05, 0.1) is 37.4 Å². The van der Waals surface area contributed by atoms with E-state index in [4.69, 9.17) is 4.74 Å². The molecule has 2 atom stereocenters. The van der Waals surface area contributed by atoms with Crippen molar-refractivity contribution in [3.63, 3.8) is 0 Å². The first-order valence-electron chi connectivity index (χ1n) is 9.97. The number of ether oxygens (including phenoxy) is 1. The third-order valence-electron chi connectivity index (χ3n) is 5.79. The zero-order chi connectivity index (χ0) is 19.5. The number of piperidine rings is 1. The summed E-state index contributed by atoms with van der Waals surface area (Å²) in [6, 6.07) is 9.98. The summed E-state index contributed by atoms with van der Waals surface area (Å²) in [5.74, 6) is -0.0174. The molecule has 7 heteroatoms. The molecular weight excluding hydrogens is 356 g/mol. The minimum atomic E-state index is -0.198. The van der Waals surface area contributed by atoms with Crippen LogP contribution in [0.3, 0.4) is 0 Å². The number of likely N-dealkylation sites (tertiary alicyclic amines) is 1. The molecule has 4 rings (SSSR count). The third-order valence-corrected chi connectivity index (χ3v) is 5.79. The second-order valence-corrected chi connectivity index (χ2v) is 7.68. The van der Waals surface area contributed by atoms with Gasteiger partial charge in [0.25, 0.3) is 5.91 Å². The Kier molecular flexibility index (Phi) is 5.75. The topological polar surface area (TPSA) is 70.8 Å². The first-order chi connectivity index (χ1) is 13.6. The molecule has 1 amide bonds. The number of nitrogens with zero attached hydrogens (tertiary/aromatic N) is 4. The second kappa shape index (κ2) is 8.43. The molecule has 2 fully saturated rings. The number of aromatic nitrogens is 2. The minimum absolute atomic E-state index is 0.0174. The number of amides is 1. The van der Waals surface area contributed by atoms with Crippen molar-refractivity contribution in [1.29, 1.82) is 0 Å². The molecule has 7 nitrogen and oxygen atoms in total. The Bertz CT molecular complexity index is 786. The zero-order valence-electron chi connectivity index (χ0n) is 16.3. The van der Waals surface area contributed by atoms with Crippen LogP contribution in [0.1, 0.15) is 34.9 Å². The van der Waals surface area contributed by atoms with Gasteiger partial charge in [0.2, 0.25) is 0 Å². The maximum atomic E-state index is 13.3. The number of imidazole rings is 1. The summed E-state index contributed by atoms with van der Waals surface area (Å²) >= 11 is 0. The number of aryl methyl sites for hydroxylation is 1. The van der Waals surface area contributed by atoms with Crippen LogP contribution in [0.4, 0.5) is 0 Å². The monoisotopic (exact) mass is 384 g/mol. The van der Waals surface area contributed by atoms with Gasteiger partial charge in [-0.15, -0.1) is 0 Å². The highest BCUT2D eigenvalue weighted by Crippen LogP contribution is 2.32. The van der Waals surface area contributed by atoms with Crippen molar-refractivity contribution >= 4 is 5.91 Å². The first kappa shape index (κ1) is 19.1. The number of aliphatic hydroxyl groups excluding tert-OH is 1. The van der Waals surface area contributed by atoms with Gasteiger partial charge < -0.3 is 24.2 Å². The van der Waals surface area contributed by atoms with Gasteiger partial charge >= 0.3 is 0 Å². The quantitative estimate of drug-likeness (QED) is 0.864. The maximum absolute atomic E-state index is 13.3. The number of carbonyl (C=O) groups excluding carboxylic acids is 1. The Hall–Kier alpha value is -2.22. The van der Waals surface area contributed by atoms with Crippen molar-refractivity contribution in [2.24, 2.45) is 7.05 Å². The number of morpholine rings is 1. The van der Waals surface area contributed by atoms with Crippen LogP contribution in [0.5, 0.6) is 0 Å².